The fourth-order valence-corrected chi connectivity index (χ4v) is 4.82. The van der Waals surface area contributed by atoms with Gasteiger partial charge in [-0.1, -0.05) is 18.2 Å². The van der Waals surface area contributed by atoms with E-state index in [1.807, 2.05) is 30.3 Å². The first-order chi connectivity index (χ1) is 16.5. The van der Waals surface area contributed by atoms with Crippen molar-refractivity contribution in [3.63, 3.8) is 0 Å². The van der Waals surface area contributed by atoms with Crippen LogP contribution in [0.3, 0.4) is 0 Å². The van der Waals surface area contributed by atoms with E-state index in [9.17, 15) is 13.2 Å². The van der Waals surface area contributed by atoms with Gasteiger partial charge in [-0.25, -0.2) is 18.6 Å². The molecule has 11 heteroatoms. The Morgan fingerprint density at radius 1 is 1.12 bits per heavy atom. The monoisotopic (exact) mass is 486 g/mol. The zero-order chi connectivity index (χ0) is 24.0. The molecule has 180 valence electrons. The van der Waals surface area contributed by atoms with E-state index < -0.39 is 22.0 Å². The van der Waals surface area contributed by atoms with Crippen molar-refractivity contribution < 1.29 is 27.9 Å². The Morgan fingerprint density at radius 3 is 2.59 bits per heavy atom. The van der Waals surface area contributed by atoms with Gasteiger partial charge in [0.15, 0.2) is 0 Å². The van der Waals surface area contributed by atoms with Crippen molar-refractivity contribution in [3.8, 4) is 5.75 Å². The molecule has 1 aliphatic heterocycles. The van der Waals surface area contributed by atoms with Gasteiger partial charge in [0, 0.05) is 36.8 Å². The molecule has 0 saturated carbocycles. The average molecular weight is 487 g/mol. The summed E-state index contributed by atoms with van der Waals surface area (Å²) in [5.41, 5.74) is 3.46. The number of nitrogens with one attached hydrogen (secondary N) is 2. The van der Waals surface area contributed by atoms with E-state index >= 15 is 0 Å². The topological polar surface area (TPSA) is 130 Å². The van der Waals surface area contributed by atoms with Crippen molar-refractivity contribution >= 4 is 26.8 Å². The van der Waals surface area contributed by atoms with Crippen molar-refractivity contribution in [2.75, 3.05) is 32.8 Å². The molecule has 1 aromatic heterocycles. The number of para-hydroxylation sites is 1. The number of amides is 1. The molecule has 0 radical (unpaired) electrons. The first-order valence-electron chi connectivity index (χ1n) is 10.8. The lowest BCUT2D eigenvalue weighted by Crippen LogP contribution is -2.55. The highest BCUT2D eigenvalue weighted by Crippen LogP contribution is 2.21. The number of ether oxygens (including phenoxy) is 2. The minimum Gasteiger partial charge on any atom is -0.489 e. The Kier molecular flexibility index (Phi) is 7.70. The average Bonchev–Trinajstić information content (AvgIpc) is 2.88. The second kappa shape index (κ2) is 10.9. The van der Waals surface area contributed by atoms with Crippen molar-refractivity contribution in [1.82, 2.24) is 20.1 Å². The molecule has 1 amide bonds. The van der Waals surface area contributed by atoms with E-state index in [1.165, 1.54) is 12.1 Å². The molecule has 1 saturated heterocycles. The van der Waals surface area contributed by atoms with Gasteiger partial charge in [0.05, 0.1) is 23.6 Å². The SMILES string of the molecule is O=C(NO)[C@H](CNS(=O)(=O)c1ccc(OCc2ccnc3ccccc23)cc1)N1CCOCC1. The lowest BCUT2D eigenvalue weighted by Gasteiger charge is -2.32. The summed E-state index contributed by atoms with van der Waals surface area (Å²) in [5.74, 6) is -0.164. The number of pyridine rings is 1. The predicted octanol–water partition coefficient (Wildman–Crippen LogP) is 1.30. The van der Waals surface area contributed by atoms with Crippen molar-refractivity contribution in [2.24, 2.45) is 0 Å². The summed E-state index contributed by atoms with van der Waals surface area (Å²) in [4.78, 5) is 18.2. The highest BCUT2D eigenvalue weighted by molar-refractivity contribution is 7.89. The van der Waals surface area contributed by atoms with Gasteiger partial charge >= 0.3 is 0 Å². The summed E-state index contributed by atoms with van der Waals surface area (Å²) >= 11 is 0. The highest BCUT2D eigenvalue weighted by Gasteiger charge is 2.29. The van der Waals surface area contributed by atoms with E-state index in [2.05, 4.69) is 9.71 Å². The molecule has 3 aromatic rings. The third-order valence-corrected chi connectivity index (χ3v) is 7.07. The van der Waals surface area contributed by atoms with E-state index in [-0.39, 0.29) is 11.4 Å². The molecule has 1 atom stereocenters. The van der Waals surface area contributed by atoms with Gasteiger partial charge in [-0.05, 0) is 36.4 Å². The molecule has 0 aliphatic carbocycles. The Hall–Kier alpha value is -3.09. The summed E-state index contributed by atoms with van der Waals surface area (Å²) < 4.78 is 39.1. The number of nitrogens with zero attached hydrogens (tertiary/aromatic N) is 2. The molecule has 10 nitrogen and oxygen atoms in total. The molecule has 2 heterocycles. The molecule has 0 unspecified atom stereocenters. The number of morpholine rings is 1. The lowest BCUT2D eigenvalue weighted by atomic mass is 10.1. The number of carbonyl (C=O) groups excluding carboxylic acids is 1. The van der Waals surface area contributed by atoms with E-state index in [4.69, 9.17) is 14.7 Å². The number of aromatic nitrogens is 1. The largest absolute Gasteiger partial charge is 0.489 e. The smallest absolute Gasteiger partial charge is 0.262 e. The third kappa shape index (κ3) is 5.69. The second-order valence-corrected chi connectivity index (χ2v) is 9.51. The summed E-state index contributed by atoms with van der Waals surface area (Å²) in [6.45, 7) is 1.89. The van der Waals surface area contributed by atoms with Gasteiger partial charge in [0.2, 0.25) is 10.0 Å². The van der Waals surface area contributed by atoms with Crippen molar-refractivity contribution in [2.45, 2.75) is 17.5 Å². The van der Waals surface area contributed by atoms with Gasteiger partial charge in [-0.15, -0.1) is 0 Å². The molecular weight excluding hydrogens is 460 g/mol. The van der Waals surface area contributed by atoms with Gasteiger partial charge < -0.3 is 9.47 Å². The van der Waals surface area contributed by atoms with Crippen LogP contribution in [0.1, 0.15) is 5.56 Å². The number of fused-ring (bicyclic) bond motifs is 1. The van der Waals surface area contributed by atoms with Gasteiger partial charge in [-0.3, -0.25) is 19.9 Å². The number of hydrogen-bond donors (Lipinski definition) is 3. The molecule has 1 aliphatic rings. The number of hydroxylamine groups is 1. The Morgan fingerprint density at radius 2 is 1.85 bits per heavy atom. The maximum absolute atomic E-state index is 12.8. The molecule has 2 aromatic carbocycles. The normalized spacial score (nSPS) is 15.7. The molecule has 0 spiro atoms. The molecule has 3 N–H and O–H groups in total. The van der Waals surface area contributed by atoms with Gasteiger partial charge in [-0.2, -0.15) is 0 Å². The van der Waals surface area contributed by atoms with Crippen LogP contribution >= 0.6 is 0 Å². The minimum atomic E-state index is -3.88. The summed E-state index contributed by atoms with van der Waals surface area (Å²) in [6, 6.07) is 14.8. The van der Waals surface area contributed by atoms with Crippen LogP contribution in [0.2, 0.25) is 0 Å². The third-order valence-electron chi connectivity index (χ3n) is 5.63. The molecule has 1 fully saturated rings. The van der Waals surface area contributed by atoms with Crippen LogP contribution in [-0.2, 0) is 26.2 Å². The zero-order valence-electron chi connectivity index (χ0n) is 18.4. The molecule has 4 rings (SSSR count). The Labute approximate surface area is 197 Å². The predicted molar refractivity (Wildman–Crippen MR) is 124 cm³/mol. The first kappa shape index (κ1) is 24.0. The molecule has 34 heavy (non-hydrogen) atoms. The second-order valence-electron chi connectivity index (χ2n) is 7.74. The fraction of sp³-hybridized carbons (Fsp3) is 0.304. The summed E-state index contributed by atoms with van der Waals surface area (Å²) in [6.07, 6.45) is 1.73. The number of hydrogen-bond acceptors (Lipinski definition) is 8. The summed E-state index contributed by atoms with van der Waals surface area (Å²) in [7, 11) is -3.88. The van der Waals surface area contributed by atoms with E-state index in [1.54, 1.807) is 28.7 Å². The Bertz CT molecular complexity index is 1220. The minimum absolute atomic E-state index is 0.0411. The van der Waals surface area contributed by atoms with Crippen LogP contribution < -0.4 is 14.9 Å². The maximum atomic E-state index is 12.8. The maximum Gasteiger partial charge on any atom is 0.262 e. The fourth-order valence-electron chi connectivity index (χ4n) is 3.78. The molecular formula is C23H26N4O6S. The number of rotatable bonds is 9. The van der Waals surface area contributed by atoms with Gasteiger partial charge in [0.25, 0.3) is 5.91 Å². The van der Waals surface area contributed by atoms with E-state index in [0.29, 0.717) is 38.7 Å². The van der Waals surface area contributed by atoms with Crippen molar-refractivity contribution in [3.05, 3.63) is 66.4 Å². The summed E-state index contributed by atoms with van der Waals surface area (Å²) in [5, 5.41) is 10.0. The van der Waals surface area contributed by atoms with Crippen molar-refractivity contribution in [1.29, 1.82) is 0 Å². The van der Waals surface area contributed by atoms with Crippen LogP contribution in [0.25, 0.3) is 10.9 Å². The zero-order valence-corrected chi connectivity index (χ0v) is 19.2. The Balaban J connectivity index is 1.39. The van der Waals surface area contributed by atoms with Crippen LogP contribution in [0.15, 0.2) is 65.7 Å². The lowest BCUT2D eigenvalue weighted by molar-refractivity contribution is -0.136. The standard InChI is InChI=1S/C23H26N4O6S/c28-23(26-29)22(27-11-13-32-14-12-27)15-25-34(30,31)19-7-5-18(6-8-19)33-16-17-9-10-24-21-4-2-1-3-20(17)21/h1-10,22,25,29H,11-16H2,(H,26,28)/t22-/m0/s1. The van der Waals surface area contributed by atoms with Crippen LogP contribution in [0, 0.1) is 0 Å². The van der Waals surface area contributed by atoms with E-state index in [0.717, 1.165) is 16.5 Å². The first-order valence-corrected chi connectivity index (χ1v) is 12.3. The van der Waals surface area contributed by atoms with Gasteiger partial charge in [0.1, 0.15) is 18.4 Å². The van der Waals surface area contributed by atoms with Crippen LogP contribution in [0.4, 0.5) is 0 Å². The van der Waals surface area contributed by atoms with Crippen LogP contribution in [-0.4, -0.2) is 68.3 Å². The quantitative estimate of drug-likeness (QED) is 0.305. The molecule has 0 bridgehead atoms. The number of carbonyl (C=O) groups is 1. The number of benzene rings is 2. The highest BCUT2D eigenvalue weighted by atomic mass is 32.2. The van der Waals surface area contributed by atoms with Crippen LogP contribution in [0.5, 0.6) is 5.75 Å². The number of sulfonamides is 1.